The molecule has 32 heavy (non-hydrogen) atoms. The molecule has 0 aliphatic heterocycles. The summed E-state index contributed by atoms with van der Waals surface area (Å²) in [5.74, 6) is -6.32. The van der Waals surface area contributed by atoms with Crippen LogP contribution in [-0.4, -0.2) is 90.0 Å². The molecule has 0 fully saturated rings. The predicted molar refractivity (Wildman–Crippen MR) is 108 cm³/mol. The molecule has 12 N–H and O–H groups in total. The summed E-state index contributed by atoms with van der Waals surface area (Å²) in [5.41, 5.74) is 10.3. The second-order valence-electron chi connectivity index (χ2n) is 6.36. The summed E-state index contributed by atoms with van der Waals surface area (Å²) in [6.07, 6.45) is -0.495. The van der Waals surface area contributed by atoms with Crippen LogP contribution < -0.4 is 38.1 Å². The number of carbonyl (C=O) groups excluding carboxylic acids is 4. The molecule has 0 heterocycles. The number of guanidine groups is 1. The van der Waals surface area contributed by atoms with Crippen molar-refractivity contribution in [3.63, 3.8) is 0 Å². The Balaban J connectivity index is 4.86. The molecule has 0 radical (unpaired) electrons. The minimum atomic E-state index is -1.68. The van der Waals surface area contributed by atoms with Crippen LogP contribution in [0.5, 0.6) is 0 Å². The topological polar surface area (TPSA) is 279 Å². The van der Waals surface area contributed by atoms with Crippen LogP contribution in [-0.2, 0) is 28.8 Å². The van der Waals surface area contributed by atoms with Gasteiger partial charge in [-0.3, -0.25) is 29.4 Å². The molecular weight excluding hydrogens is 432 g/mol. The monoisotopic (exact) mass is 460 g/mol. The van der Waals surface area contributed by atoms with E-state index in [0.29, 0.717) is 6.42 Å². The van der Waals surface area contributed by atoms with Gasteiger partial charge < -0.3 is 48.3 Å². The van der Waals surface area contributed by atoms with E-state index in [1.165, 1.54) is 0 Å². The van der Waals surface area contributed by atoms with Gasteiger partial charge in [0.05, 0.1) is 26.1 Å². The second-order valence-corrected chi connectivity index (χ2v) is 6.36. The zero-order chi connectivity index (χ0) is 24.7. The molecule has 0 aromatic rings. The first kappa shape index (κ1) is 28.0. The van der Waals surface area contributed by atoms with Gasteiger partial charge in [-0.15, -0.1) is 0 Å². The van der Waals surface area contributed by atoms with Crippen molar-refractivity contribution in [1.29, 1.82) is 5.41 Å². The van der Waals surface area contributed by atoms with Crippen molar-refractivity contribution in [2.75, 3.05) is 26.2 Å². The van der Waals surface area contributed by atoms with Gasteiger partial charge >= 0.3 is 11.9 Å². The standard InChI is InChI=1S/C16H28N8O8/c17-5-10(25)21-6-11(26)23-8(2-1-3-20-16(18)19)14(30)22-7-12(27)24-9(15(31)32)4-13(28)29/h8-9H,1-7,17H2,(H,21,25)(H,22,30)(H,23,26)(H,24,27)(H,28,29)(H,31,32)(H4,18,19,20)/t8-,9-/m0/s1. The second kappa shape index (κ2) is 14.9. The molecule has 180 valence electrons. The number of aliphatic carboxylic acids is 2. The van der Waals surface area contributed by atoms with Crippen molar-refractivity contribution < 1.29 is 39.0 Å². The van der Waals surface area contributed by atoms with Gasteiger partial charge in [0.25, 0.3) is 0 Å². The molecular formula is C16H28N8O8. The Kier molecular flexibility index (Phi) is 13.1. The first-order chi connectivity index (χ1) is 15.0. The number of carboxylic acids is 2. The molecule has 4 amide bonds. The van der Waals surface area contributed by atoms with E-state index in [2.05, 4.69) is 21.3 Å². The van der Waals surface area contributed by atoms with E-state index in [1.807, 2.05) is 5.32 Å². The van der Waals surface area contributed by atoms with Crippen LogP contribution in [0.15, 0.2) is 0 Å². The first-order valence-electron chi connectivity index (χ1n) is 9.31. The van der Waals surface area contributed by atoms with Crippen LogP contribution in [0, 0.1) is 5.41 Å². The quantitative estimate of drug-likeness (QED) is 0.0627. The van der Waals surface area contributed by atoms with E-state index < -0.39 is 67.2 Å². The fourth-order valence-electron chi connectivity index (χ4n) is 2.21. The molecule has 2 atom stereocenters. The average Bonchev–Trinajstić information content (AvgIpc) is 2.71. The molecule has 0 rings (SSSR count). The fourth-order valence-corrected chi connectivity index (χ4v) is 2.21. The van der Waals surface area contributed by atoms with Gasteiger partial charge in [0, 0.05) is 6.54 Å². The number of carboxylic acid groups (broad SMARTS) is 2. The van der Waals surface area contributed by atoms with Crippen molar-refractivity contribution >= 4 is 41.5 Å². The largest absolute Gasteiger partial charge is 0.481 e. The fraction of sp³-hybridized carbons (Fsp3) is 0.562. The summed E-state index contributed by atoms with van der Waals surface area (Å²) in [7, 11) is 0. The van der Waals surface area contributed by atoms with Crippen molar-refractivity contribution in [1.82, 2.24) is 26.6 Å². The van der Waals surface area contributed by atoms with Gasteiger partial charge in [0.15, 0.2) is 5.96 Å². The number of nitrogens with two attached hydrogens (primary N) is 2. The maximum absolute atomic E-state index is 12.4. The lowest BCUT2D eigenvalue weighted by molar-refractivity contribution is -0.147. The number of nitrogens with one attached hydrogen (secondary N) is 6. The molecule has 0 spiro atoms. The normalized spacial score (nSPS) is 11.9. The SMILES string of the molecule is N=C(N)NCCC[C@H](NC(=O)CNC(=O)CN)C(=O)NCC(=O)N[C@@H](CC(=O)O)C(=O)O. The zero-order valence-electron chi connectivity index (χ0n) is 17.1. The van der Waals surface area contributed by atoms with Crippen LogP contribution in [0.25, 0.3) is 0 Å². The van der Waals surface area contributed by atoms with Crippen LogP contribution in [0.1, 0.15) is 19.3 Å². The molecule has 0 aromatic carbocycles. The molecule has 0 aromatic heterocycles. The summed E-state index contributed by atoms with van der Waals surface area (Å²) < 4.78 is 0. The Bertz CT molecular complexity index is 729. The van der Waals surface area contributed by atoms with Crippen molar-refractivity contribution in [3.8, 4) is 0 Å². The lowest BCUT2D eigenvalue weighted by Crippen LogP contribution is -2.52. The van der Waals surface area contributed by atoms with Crippen LogP contribution in [0.2, 0.25) is 0 Å². The smallest absolute Gasteiger partial charge is 0.326 e. The zero-order valence-corrected chi connectivity index (χ0v) is 17.1. The molecule has 16 heteroatoms. The van der Waals surface area contributed by atoms with Crippen LogP contribution in [0.3, 0.4) is 0 Å². The molecule has 0 bridgehead atoms. The van der Waals surface area contributed by atoms with Crippen molar-refractivity contribution in [2.24, 2.45) is 11.5 Å². The Hall–Kier alpha value is -3.95. The maximum Gasteiger partial charge on any atom is 0.326 e. The van der Waals surface area contributed by atoms with E-state index >= 15 is 0 Å². The predicted octanol–water partition coefficient (Wildman–Crippen LogP) is -5.03. The Labute approximate surface area is 182 Å². The van der Waals surface area contributed by atoms with Crippen LogP contribution >= 0.6 is 0 Å². The minimum absolute atomic E-state index is 0.0705. The van der Waals surface area contributed by atoms with E-state index in [-0.39, 0.29) is 25.5 Å². The average molecular weight is 460 g/mol. The minimum Gasteiger partial charge on any atom is -0.481 e. The first-order valence-corrected chi connectivity index (χ1v) is 9.31. The summed E-state index contributed by atoms with van der Waals surface area (Å²) in [6, 6.07) is -2.82. The Morgan fingerprint density at radius 3 is 1.91 bits per heavy atom. The summed E-state index contributed by atoms with van der Waals surface area (Å²) in [4.78, 5) is 69.0. The Morgan fingerprint density at radius 2 is 1.41 bits per heavy atom. The third-order valence-electron chi connectivity index (χ3n) is 3.70. The number of amides is 4. The number of rotatable bonds is 15. The van der Waals surface area contributed by atoms with Gasteiger partial charge in [-0.1, -0.05) is 0 Å². The number of hydrogen-bond acceptors (Lipinski definition) is 8. The molecule has 0 saturated carbocycles. The van der Waals surface area contributed by atoms with Crippen LogP contribution in [0.4, 0.5) is 0 Å². The summed E-state index contributed by atoms with van der Waals surface area (Å²) >= 11 is 0. The third-order valence-corrected chi connectivity index (χ3v) is 3.70. The molecule has 0 unspecified atom stereocenters. The Morgan fingerprint density at radius 1 is 0.844 bits per heavy atom. The van der Waals surface area contributed by atoms with Gasteiger partial charge in [-0.05, 0) is 12.8 Å². The van der Waals surface area contributed by atoms with E-state index in [4.69, 9.17) is 27.1 Å². The summed E-state index contributed by atoms with van der Waals surface area (Å²) in [6.45, 7) is -1.23. The highest BCUT2D eigenvalue weighted by Gasteiger charge is 2.25. The molecule has 0 aliphatic carbocycles. The lowest BCUT2D eigenvalue weighted by Gasteiger charge is -2.19. The molecule has 0 aliphatic rings. The molecule has 16 nitrogen and oxygen atoms in total. The molecule has 0 saturated heterocycles. The number of carbonyl (C=O) groups is 6. The van der Waals surface area contributed by atoms with Gasteiger partial charge in [0.1, 0.15) is 12.1 Å². The van der Waals surface area contributed by atoms with Gasteiger partial charge in [-0.25, -0.2) is 4.79 Å². The lowest BCUT2D eigenvalue weighted by atomic mass is 10.1. The highest BCUT2D eigenvalue weighted by atomic mass is 16.4. The van der Waals surface area contributed by atoms with Gasteiger partial charge in [0.2, 0.25) is 23.6 Å². The third kappa shape index (κ3) is 13.3. The highest BCUT2D eigenvalue weighted by Crippen LogP contribution is 1.98. The highest BCUT2D eigenvalue weighted by molar-refractivity contribution is 5.93. The van der Waals surface area contributed by atoms with E-state index in [0.717, 1.165) is 0 Å². The van der Waals surface area contributed by atoms with E-state index in [9.17, 15) is 28.8 Å². The van der Waals surface area contributed by atoms with E-state index in [1.54, 1.807) is 0 Å². The maximum atomic E-state index is 12.4. The number of hydrogen-bond donors (Lipinski definition) is 10. The van der Waals surface area contributed by atoms with Gasteiger partial charge in [-0.2, -0.15) is 0 Å². The van der Waals surface area contributed by atoms with Crippen molar-refractivity contribution in [2.45, 2.75) is 31.3 Å². The summed E-state index contributed by atoms with van der Waals surface area (Å²) in [5, 5.41) is 35.9. The van der Waals surface area contributed by atoms with Crippen molar-refractivity contribution in [3.05, 3.63) is 0 Å².